The first-order chi connectivity index (χ1) is 6.36. The second-order valence-electron chi connectivity index (χ2n) is 3.53. The molecule has 5 heteroatoms. The molecule has 0 N–H and O–H groups in total. The number of aromatic nitrogens is 4. The first-order valence-electron chi connectivity index (χ1n) is 4.69. The van der Waals surface area contributed by atoms with Crippen LogP contribution in [0.5, 0.6) is 0 Å². The SMILES string of the molecule is CCCC1CC1n1nnnc1CCl. The predicted octanol–water partition coefficient (Wildman–Crippen LogP) is 1.77. The molecule has 0 aromatic carbocycles. The fourth-order valence-electron chi connectivity index (χ4n) is 1.77. The van der Waals surface area contributed by atoms with E-state index in [0.29, 0.717) is 11.9 Å². The van der Waals surface area contributed by atoms with Gasteiger partial charge in [-0.25, -0.2) is 4.68 Å². The summed E-state index contributed by atoms with van der Waals surface area (Å²) in [6.07, 6.45) is 3.72. The average Bonchev–Trinajstić information content (AvgIpc) is 2.75. The standard InChI is InChI=1S/C8H13ClN4/c1-2-3-6-4-7(6)13-8(5-9)10-11-12-13/h6-7H,2-5H2,1H3. The molecule has 72 valence electrons. The summed E-state index contributed by atoms with van der Waals surface area (Å²) in [4.78, 5) is 0. The van der Waals surface area contributed by atoms with Crippen LogP contribution in [0.1, 0.15) is 38.1 Å². The van der Waals surface area contributed by atoms with Crippen molar-refractivity contribution in [2.24, 2.45) is 5.92 Å². The predicted molar refractivity (Wildman–Crippen MR) is 49.4 cm³/mol. The van der Waals surface area contributed by atoms with E-state index in [1.54, 1.807) is 0 Å². The number of hydrogen-bond donors (Lipinski definition) is 0. The molecule has 1 aliphatic carbocycles. The summed E-state index contributed by atoms with van der Waals surface area (Å²) in [6.45, 7) is 2.21. The van der Waals surface area contributed by atoms with Crippen molar-refractivity contribution in [3.63, 3.8) is 0 Å². The largest absolute Gasteiger partial charge is 0.225 e. The Labute approximate surface area is 82.3 Å². The van der Waals surface area contributed by atoms with Gasteiger partial charge in [0.25, 0.3) is 0 Å². The van der Waals surface area contributed by atoms with E-state index >= 15 is 0 Å². The second kappa shape index (κ2) is 3.62. The van der Waals surface area contributed by atoms with Gasteiger partial charge in [0.15, 0.2) is 5.82 Å². The van der Waals surface area contributed by atoms with E-state index in [4.69, 9.17) is 11.6 Å². The van der Waals surface area contributed by atoms with Gasteiger partial charge in [-0.15, -0.1) is 16.7 Å². The maximum atomic E-state index is 5.71. The molecular formula is C8H13ClN4. The Morgan fingerprint density at radius 2 is 2.46 bits per heavy atom. The fraction of sp³-hybridized carbons (Fsp3) is 0.875. The van der Waals surface area contributed by atoms with Crippen molar-refractivity contribution in [2.75, 3.05) is 0 Å². The molecule has 2 unspecified atom stereocenters. The Balaban J connectivity index is 2.02. The average molecular weight is 201 g/mol. The quantitative estimate of drug-likeness (QED) is 0.696. The van der Waals surface area contributed by atoms with Crippen molar-refractivity contribution in [1.82, 2.24) is 20.2 Å². The van der Waals surface area contributed by atoms with E-state index in [1.165, 1.54) is 19.3 Å². The lowest BCUT2D eigenvalue weighted by Crippen LogP contribution is -2.03. The van der Waals surface area contributed by atoms with Crippen LogP contribution in [0.2, 0.25) is 0 Å². The Morgan fingerprint density at radius 3 is 3.15 bits per heavy atom. The maximum Gasteiger partial charge on any atom is 0.166 e. The van der Waals surface area contributed by atoms with Gasteiger partial charge < -0.3 is 0 Å². The van der Waals surface area contributed by atoms with Crippen molar-refractivity contribution < 1.29 is 0 Å². The Hall–Kier alpha value is -0.640. The highest BCUT2D eigenvalue weighted by atomic mass is 35.5. The number of alkyl halides is 1. The summed E-state index contributed by atoms with van der Waals surface area (Å²) in [7, 11) is 0. The highest BCUT2D eigenvalue weighted by Crippen LogP contribution is 2.46. The van der Waals surface area contributed by atoms with Crippen LogP contribution < -0.4 is 0 Å². The molecule has 4 nitrogen and oxygen atoms in total. The molecule has 1 aliphatic rings. The number of tetrazole rings is 1. The van der Waals surface area contributed by atoms with E-state index in [9.17, 15) is 0 Å². The van der Waals surface area contributed by atoms with Gasteiger partial charge in [0.1, 0.15) is 0 Å². The van der Waals surface area contributed by atoms with Gasteiger partial charge in [0.2, 0.25) is 0 Å². The first-order valence-corrected chi connectivity index (χ1v) is 5.23. The van der Waals surface area contributed by atoms with Crippen LogP contribution in [-0.4, -0.2) is 20.2 Å². The van der Waals surface area contributed by atoms with Crippen molar-refractivity contribution in [1.29, 1.82) is 0 Å². The van der Waals surface area contributed by atoms with E-state index < -0.39 is 0 Å². The fourth-order valence-corrected chi connectivity index (χ4v) is 1.95. The zero-order valence-corrected chi connectivity index (χ0v) is 8.41. The third-order valence-corrected chi connectivity index (χ3v) is 2.78. The van der Waals surface area contributed by atoms with Gasteiger partial charge in [-0.05, 0) is 29.2 Å². The molecular weight excluding hydrogens is 188 g/mol. The van der Waals surface area contributed by atoms with Gasteiger partial charge in [0, 0.05) is 0 Å². The highest BCUT2D eigenvalue weighted by Gasteiger charge is 2.39. The van der Waals surface area contributed by atoms with Gasteiger partial charge in [0.05, 0.1) is 11.9 Å². The minimum Gasteiger partial charge on any atom is -0.225 e. The molecule has 2 rings (SSSR count). The minimum absolute atomic E-state index is 0.405. The Morgan fingerprint density at radius 1 is 1.62 bits per heavy atom. The van der Waals surface area contributed by atoms with Crippen LogP contribution in [0.3, 0.4) is 0 Å². The number of halogens is 1. The summed E-state index contributed by atoms with van der Waals surface area (Å²) in [6, 6.07) is 0.517. The lowest BCUT2D eigenvalue weighted by atomic mass is 10.2. The van der Waals surface area contributed by atoms with Crippen LogP contribution >= 0.6 is 11.6 Å². The van der Waals surface area contributed by atoms with Gasteiger partial charge in [-0.3, -0.25) is 0 Å². The molecule has 0 aliphatic heterocycles. The molecule has 1 aromatic rings. The third-order valence-electron chi connectivity index (χ3n) is 2.54. The van der Waals surface area contributed by atoms with Crippen LogP contribution in [0.25, 0.3) is 0 Å². The Kier molecular flexibility index (Phi) is 2.49. The molecule has 1 aromatic heterocycles. The maximum absolute atomic E-state index is 5.71. The summed E-state index contributed by atoms with van der Waals surface area (Å²) in [5.74, 6) is 1.98. The molecule has 13 heavy (non-hydrogen) atoms. The molecule has 1 heterocycles. The number of hydrogen-bond acceptors (Lipinski definition) is 3. The molecule has 0 radical (unpaired) electrons. The second-order valence-corrected chi connectivity index (χ2v) is 3.79. The summed E-state index contributed by atoms with van der Waals surface area (Å²) in [5.41, 5.74) is 0. The normalized spacial score (nSPS) is 26.3. The topological polar surface area (TPSA) is 43.6 Å². The van der Waals surface area contributed by atoms with E-state index in [2.05, 4.69) is 22.4 Å². The van der Waals surface area contributed by atoms with Crippen molar-refractivity contribution >= 4 is 11.6 Å². The zero-order chi connectivity index (χ0) is 9.26. The first kappa shape index (κ1) is 8.94. The monoisotopic (exact) mass is 200 g/mol. The van der Waals surface area contributed by atoms with Crippen molar-refractivity contribution in [3.8, 4) is 0 Å². The molecule has 2 atom stereocenters. The van der Waals surface area contributed by atoms with Crippen LogP contribution in [0.15, 0.2) is 0 Å². The third kappa shape index (κ3) is 1.68. The van der Waals surface area contributed by atoms with Crippen molar-refractivity contribution in [3.05, 3.63) is 5.82 Å². The molecule has 0 saturated heterocycles. The van der Waals surface area contributed by atoms with E-state index in [-0.39, 0.29) is 0 Å². The Bertz CT molecular complexity index is 285. The van der Waals surface area contributed by atoms with Crippen LogP contribution in [0.4, 0.5) is 0 Å². The van der Waals surface area contributed by atoms with Gasteiger partial charge in [-0.2, -0.15) is 0 Å². The smallest absolute Gasteiger partial charge is 0.166 e. The number of nitrogens with zero attached hydrogens (tertiary/aromatic N) is 4. The van der Waals surface area contributed by atoms with E-state index in [1.807, 2.05) is 4.68 Å². The van der Waals surface area contributed by atoms with Crippen LogP contribution in [-0.2, 0) is 5.88 Å². The lowest BCUT2D eigenvalue weighted by molar-refractivity contribution is 0.533. The van der Waals surface area contributed by atoms with Crippen LogP contribution in [0, 0.1) is 5.92 Å². The highest BCUT2D eigenvalue weighted by molar-refractivity contribution is 6.16. The molecule has 1 fully saturated rings. The van der Waals surface area contributed by atoms with Gasteiger partial charge in [-0.1, -0.05) is 13.3 Å². The molecule has 0 bridgehead atoms. The summed E-state index contributed by atoms with van der Waals surface area (Å²) in [5, 5.41) is 11.4. The van der Waals surface area contributed by atoms with Gasteiger partial charge >= 0.3 is 0 Å². The number of rotatable bonds is 4. The molecule has 0 spiro atoms. The minimum atomic E-state index is 0.405. The summed E-state index contributed by atoms with van der Waals surface area (Å²) < 4.78 is 1.88. The molecule has 1 saturated carbocycles. The van der Waals surface area contributed by atoms with Crippen molar-refractivity contribution in [2.45, 2.75) is 38.1 Å². The van der Waals surface area contributed by atoms with E-state index in [0.717, 1.165) is 11.7 Å². The zero-order valence-electron chi connectivity index (χ0n) is 7.65. The molecule has 0 amide bonds. The summed E-state index contributed by atoms with van der Waals surface area (Å²) >= 11 is 5.71. The lowest BCUT2D eigenvalue weighted by Gasteiger charge is -1.99.